The summed E-state index contributed by atoms with van der Waals surface area (Å²) in [4.78, 5) is 47.9. The van der Waals surface area contributed by atoms with Crippen LogP contribution in [-0.4, -0.2) is 103 Å². The van der Waals surface area contributed by atoms with E-state index in [1.807, 2.05) is 19.0 Å². The van der Waals surface area contributed by atoms with E-state index in [0.29, 0.717) is 31.7 Å². The van der Waals surface area contributed by atoms with Crippen LogP contribution in [0.5, 0.6) is 0 Å². The van der Waals surface area contributed by atoms with Gasteiger partial charge in [-0.25, -0.2) is 19.6 Å². The van der Waals surface area contributed by atoms with Crippen molar-refractivity contribution in [3.8, 4) is 0 Å². The summed E-state index contributed by atoms with van der Waals surface area (Å²) in [5, 5.41) is 0. The molecule has 33 heavy (non-hydrogen) atoms. The first-order valence-electron chi connectivity index (χ1n) is 10.6. The number of likely N-dealkylation sites (N-methyl/N-ethyl adjacent to an activating group) is 1. The van der Waals surface area contributed by atoms with Gasteiger partial charge in [0.25, 0.3) is 5.56 Å². The van der Waals surface area contributed by atoms with Crippen molar-refractivity contribution in [2.45, 2.75) is 25.2 Å². The summed E-state index contributed by atoms with van der Waals surface area (Å²) in [6.07, 6.45) is 3.47. The molecule has 1 aliphatic heterocycles. The highest BCUT2D eigenvalue weighted by Crippen LogP contribution is 2.29. The summed E-state index contributed by atoms with van der Waals surface area (Å²) in [7, 11) is 3.88. The molecule has 2 aromatic heterocycles. The van der Waals surface area contributed by atoms with Crippen LogP contribution in [0.1, 0.15) is 19.1 Å². The first-order chi connectivity index (χ1) is 15.9. The lowest BCUT2D eigenvalue weighted by molar-refractivity contribution is -0.158. The van der Waals surface area contributed by atoms with Crippen LogP contribution in [0.3, 0.4) is 0 Å². The van der Waals surface area contributed by atoms with Gasteiger partial charge in [0.05, 0.1) is 32.0 Å². The smallest absolute Gasteiger partial charge is 0.332 e. The fraction of sp³-hybridized carbons (Fsp3) is 0.650. The molecule has 1 N–H and O–H groups in total. The summed E-state index contributed by atoms with van der Waals surface area (Å²) in [6, 6.07) is 0. The normalized spacial score (nSPS) is 18.2. The average molecular weight is 467 g/mol. The summed E-state index contributed by atoms with van der Waals surface area (Å²) in [5.74, 6) is -1.19. The highest BCUT2D eigenvalue weighted by molar-refractivity contribution is 5.73. The number of imidazole rings is 1. The number of hydrogen-bond donors (Lipinski definition) is 1. The van der Waals surface area contributed by atoms with E-state index in [4.69, 9.17) is 23.7 Å². The number of aromatic nitrogens is 4. The molecule has 13 heteroatoms. The Hall–Kier alpha value is -2.87. The molecule has 0 aliphatic carbocycles. The molecule has 0 aromatic carbocycles. The Balaban J connectivity index is 1.27. The number of aromatic amines is 1. The predicted octanol–water partition coefficient (Wildman–Crippen LogP) is -0.522. The lowest BCUT2D eigenvalue weighted by Gasteiger charge is -2.15. The minimum absolute atomic E-state index is 0.0497. The molecule has 13 nitrogen and oxygen atoms in total. The average Bonchev–Trinajstić information content (AvgIpc) is 3.42. The molecule has 0 radical (unpaired) electrons. The fourth-order valence-electron chi connectivity index (χ4n) is 3.14. The van der Waals surface area contributed by atoms with Gasteiger partial charge in [-0.1, -0.05) is 0 Å². The molecule has 3 rings (SSSR count). The summed E-state index contributed by atoms with van der Waals surface area (Å²) in [6.45, 7) is 1.08. The SMILES string of the molecule is CN(C)CCOCCOC(=O)COCC(=O)OCC1CCC(n2cnc3c(=O)[nH]cnc32)O1. The van der Waals surface area contributed by atoms with Crippen LogP contribution in [0.15, 0.2) is 17.4 Å². The van der Waals surface area contributed by atoms with Crippen molar-refractivity contribution in [2.24, 2.45) is 0 Å². The van der Waals surface area contributed by atoms with E-state index in [-0.39, 0.29) is 49.8 Å². The topological polar surface area (TPSA) is 147 Å². The Morgan fingerprint density at radius 1 is 1.12 bits per heavy atom. The van der Waals surface area contributed by atoms with Gasteiger partial charge >= 0.3 is 11.9 Å². The molecule has 1 fully saturated rings. The van der Waals surface area contributed by atoms with Gasteiger partial charge in [0, 0.05) is 6.54 Å². The van der Waals surface area contributed by atoms with Crippen molar-refractivity contribution >= 4 is 23.1 Å². The number of H-pyrrole nitrogens is 1. The van der Waals surface area contributed by atoms with Crippen LogP contribution in [0, 0.1) is 0 Å². The van der Waals surface area contributed by atoms with E-state index < -0.39 is 11.9 Å². The van der Waals surface area contributed by atoms with Gasteiger partial charge in [-0.05, 0) is 26.9 Å². The number of nitrogens with zero attached hydrogens (tertiary/aromatic N) is 4. The second-order valence-corrected chi connectivity index (χ2v) is 7.66. The van der Waals surface area contributed by atoms with Crippen molar-refractivity contribution in [2.75, 3.05) is 60.3 Å². The maximum Gasteiger partial charge on any atom is 0.332 e. The van der Waals surface area contributed by atoms with Crippen molar-refractivity contribution in [3.63, 3.8) is 0 Å². The summed E-state index contributed by atoms with van der Waals surface area (Å²) >= 11 is 0. The summed E-state index contributed by atoms with van der Waals surface area (Å²) in [5.41, 5.74) is 0.352. The zero-order chi connectivity index (χ0) is 23.6. The van der Waals surface area contributed by atoms with Gasteiger partial charge in [-0.3, -0.25) is 9.36 Å². The van der Waals surface area contributed by atoms with Gasteiger partial charge < -0.3 is 33.6 Å². The van der Waals surface area contributed by atoms with E-state index in [1.165, 1.54) is 12.7 Å². The number of hydrogen-bond acceptors (Lipinski definition) is 11. The minimum Gasteiger partial charge on any atom is -0.462 e. The van der Waals surface area contributed by atoms with Gasteiger partial charge in [0.2, 0.25) is 0 Å². The predicted molar refractivity (Wildman–Crippen MR) is 113 cm³/mol. The number of esters is 2. The molecule has 0 bridgehead atoms. The number of carbonyl (C=O) groups is 2. The molecule has 1 aliphatic rings. The number of ether oxygens (including phenoxy) is 5. The Morgan fingerprint density at radius 2 is 1.91 bits per heavy atom. The van der Waals surface area contributed by atoms with Crippen LogP contribution in [0.2, 0.25) is 0 Å². The second-order valence-electron chi connectivity index (χ2n) is 7.66. The fourth-order valence-corrected chi connectivity index (χ4v) is 3.14. The molecule has 2 aromatic rings. The van der Waals surface area contributed by atoms with E-state index in [9.17, 15) is 14.4 Å². The Labute approximate surface area is 189 Å². The number of rotatable bonds is 13. The second kappa shape index (κ2) is 12.4. The Bertz CT molecular complexity index is 975. The zero-order valence-electron chi connectivity index (χ0n) is 18.7. The molecule has 182 valence electrons. The van der Waals surface area contributed by atoms with Crippen LogP contribution in [0.4, 0.5) is 0 Å². The number of carbonyl (C=O) groups excluding carboxylic acids is 2. The van der Waals surface area contributed by atoms with Gasteiger partial charge in [0.1, 0.15) is 32.7 Å². The largest absolute Gasteiger partial charge is 0.462 e. The first kappa shape index (κ1) is 24.8. The molecule has 2 atom stereocenters. The van der Waals surface area contributed by atoms with Gasteiger partial charge in [0.15, 0.2) is 11.2 Å². The van der Waals surface area contributed by atoms with Gasteiger partial charge in [-0.2, -0.15) is 0 Å². The monoisotopic (exact) mass is 467 g/mol. The van der Waals surface area contributed by atoms with Crippen LogP contribution >= 0.6 is 0 Å². The van der Waals surface area contributed by atoms with Crippen LogP contribution in [0.25, 0.3) is 11.2 Å². The van der Waals surface area contributed by atoms with E-state index >= 15 is 0 Å². The lowest BCUT2D eigenvalue weighted by Crippen LogP contribution is -2.24. The maximum absolute atomic E-state index is 11.8. The molecular formula is C20H29N5O8. The third-order valence-electron chi connectivity index (χ3n) is 4.80. The third kappa shape index (κ3) is 7.60. The quantitative estimate of drug-likeness (QED) is 0.300. The highest BCUT2D eigenvalue weighted by Gasteiger charge is 2.29. The molecule has 3 heterocycles. The Morgan fingerprint density at radius 3 is 2.70 bits per heavy atom. The zero-order valence-corrected chi connectivity index (χ0v) is 18.7. The lowest BCUT2D eigenvalue weighted by atomic mass is 10.2. The molecule has 2 unspecified atom stereocenters. The Kier molecular flexibility index (Phi) is 9.30. The van der Waals surface area contributed by atoms with Crippen molar-refractivity contribution in [1.29, 1.82) is 0 Å². The molecule has 0 saturated carbocycles. The molecule has 0 amide bonds. The third-order valence-corrected chi connectivity index (χ3v) is 4.80. The van der Waals surface area contributed by atoms with Crippen molar-refractivity contribution < 1.29 is 33.3 Å². The number of nitrogens with one attached hydrogen (secondary N) is 1. The molecular weight excluding hydrogens is 438 g/mol. The number of fused-ring (bicyclic) bond motifs is 1. The van der Waals surface area contributed by atoms with E-state index in [1.54, 1.807) is 4.57 Å². The van der Waals surface area contributed by atoms with Crippen molar-refractivity contribution in [1.82, 2.24) is 24.4 Å². The maximum atomic E-state index is 11.8. The van der Waals surface area contributed by atoms with E-state index in [2.05, 4.69) is 15.0 Å². The molecule has 0 spiro atoms. The van der Waals surface area contributed by atoms with Gasteiger partial charge in [-0.15, -0.1) is 0 Å². The van der Waals surface area contributed by atoms with Crippen molar-refractivity contribution in [3.05, 3.63) is 23.0 Å². The van der Waals surface area contributed by atoms with E-state index in [0.717, 1.165) is 6.54 Å². The standard InChI is InChI=1S/C20H29N5O8/c1-24(2)5-6-29-7-8-31-16(26)10-30-11-17(27)32-9-14-3-4-15(33-14)25-13-23-18-19(25)21-12-22-20(18)28/h12-15H,3-11H2,1-2H3,(H,21,22,28). The minimum atomic E-state index is -0.608. The molecule has 1 saturated heterocycles. The summed E-state index contributed by atoms with van der Waals surface area (Å²) < 4.78 is 28.0. The van der Waals surface area contributed by atoms with Crippen LogP contribution < -0.4 is 5.56 Å². The highest BCUT2D eigenvalue weighted by atomic mass is 16.6. The first-order valence-corrected chi connectivity index (χ1v) is 10.6. The van der Waals surface area contributed by atoms with Crippen LogP contribution in [-0.2, 0) is 33.3 Å².